The van der Waals surface area contributed by atoms with E-state index in [-0.39, 0.29) is 5.97 Å². The number of carbonyl (C=O) groups excluding carboxylic acids is 1. The minimum atomic E-state index is -0.340. The minimum absolute atomic E-state index is 0.340. The summed E-state index contributed by atoms with van der Waals surface area (Å²) in [6, 6.07) is 5.29. The Labute approximate surface area is 103 Å². The third-order valence-electron chi connectivity index (χ3n) is 1.81. The topological polar surface area (TPSA) is 35.5 Å². The third kappa shape index (κ3) is 3.37. The van der Waals surface area contributed by atoms with E-state index >= 15 is 0 Å². The van der Waals surface area contributed by atoms with Crippen LogP contribution in [0.1, 0.15) is 23.7 Å². The van der Waals surface area contributed by atoms with Crippen LogP contribution in [-0.4, -0.2) is 19.7 Å². The number of hydrogen-bond acceptors (Lipinski definition) is 3. The first kappa shape index (κ1) is 12.3. The molecule has 0 radical (unpaired) electrons. The van der Waals surface area contributed by atoms with Crippen LogP contribution in [0.5, 0.6) is 5.75 Å². The first-order valence-corrected chi connectivity index (χ1v) is 5.77. The van der Waals surface area contributed by atoms with Crippen LogP contribution in [0.25, 0.3) is 0 Å². The summed E-state index contributed by atoms with van der Waals surface area (Å²) in [5.41, 5.74) is 0.518. The van der Waals surface area contributed by atoms with Gasteiger partial charge >= 0.3 is 5.97 Å². The van der Waals surface area contributed by atoms with Crippen molar-refractivity contribution >= 4 is 28.6 Å². The molecular weight excluding hydrogens is 307 g/mol. The van der Waals surface area contributed by atoms with Gasteiger partial charge in [0.25, 0.3) is 0 Å². The molecule has 0 unspecified atom stereocenters. The highest BCUT2D eigenvalue weighted by Gasteiger charge is 2.09. The Bertz CT molecular complexity index is 350. The van der Waals surface area contributed by atoms with E-state index in [0.717, 1.165) is 15.7 Å². The summed E-state index contributed by atoms with van der Waals surface area (Å²) in [7, 11) is 1.37. The highest BCUT2D eigenvalue weighted by atomic mass is 127. The van der Waals surface area contributed by atoms with Crippen molar-refractivity contribution in [2.45, 2.75) is 13.3 Å². The molecule has 1 aromatic carbocycles. The van der Waals surface area contributed by atoms with Crippen molar-refractivity contribution in [3.05, 3.63) is 27.3 Å². The summed E-state index contributed by atoms with van der Waals surface area (Å²) in [5.74, 6) is 0.396. The smallest absolute Gasteiger partial charge is 0.337 e. The van der Waals surface area contributed by atoms with E-state index < -0.39 is 0 Å². The number of ether oxygens (including phenoxy) is 2. The van der Waals surface area contributed by atoms with Crippen molar-refractivity contribution in [3.8, 4) is 5.75 Å². The van der Waals surface area contributed by atoms with E-state index in [0.29, 0.717) is 12.2 Å². The molecule has 0 amide bonds. The summed E-state index contributed by atoms with van der Waals surface area (Å²) in [4.78, 5) is 11.3. The van der Waals surface area contributed by atoms with Crippen molar-refractivity contribution in [2.75, 3.05) is 13.7 Å². The van der Waals surface area contributed by atoms with Crippen LogP contribution in [-0.2, 0) is 4.74 Å². The van der Waals surface area contributed by atoms with Gasteiger partial charge in [-0.15, -0.1) is 0 Å². The summed E-state index contributed by atoms with van der Waals surface area (Å²) in [6.07, 6.45) is 0.943. The fourth-order valence-electron chi connectivity index (χ4n) is 1.07. The van der Waals surface area contributed by atoms with Gasteiger partial charge in [-0.1, -0.05) is 6.92 Å². The summed E-state index contributed by atoms with van der Waals surface area (Å²) >= 11 is 2.18. The number of rotatable bonds is 4. The molecule has 0 aliphatic rings. The van der Waals surface area contributed by atoms with Crippen molar-refractivity contribution in [2.24, 2.45) is 0 Å². The fraction of sp³-hybridized carbons (Fsp3) is 0.364. The molecule has 0 spiro atoms. The molecule has 0 aliphatic heterocycles. The second kappa shape index (κ2) is 5.95. The normalized spacial score (nSPS) is 9.80. The molecule has 0 fully saturated rings. The van der Waals surface area contributed by atoms with Crippen LogP contribution >= 0.6 is 22.6 Å². The van der Waals surface area contributed by atoms with Crippen molar-refractivity contribution in [1.29, 1.82) is 0 Å². The van der Waals surface area contributed by atoms with Crippen LogP contribution < -0.4 is 4.74 Å². The van der Waals surface area contributed by atoms with Gasteiger partial charge in [-0.05, 0) is 47.2 Å². The molecule has 0 heterocycles. The van der Waals surface area contributed by atoms with Crippen LogP contribution in [0.15, 0.2) is 18.2 Å². The van der Waals surface area contributed by atoms with Crippen LogP contribution in [0.3, 0.4) is 0 Å². The maximum atomic E-state index is 11.3. The van der Waals surface area contributed by atoms with Gasteiger partial charge in [0.15, 0.2) is 0 Å². The molecule has 15 heavy (non-hydrogen) atoms. The van der Waals surface area contributed by atoms with Crippen LogP contribution in [0.4, 0.5) is 0 Å². The Morgan fingerprint density at radius 2 is 2.20 bits per heavy atom. The Morgan fingerprint density at radius 3 is 2.80 bits per heavy atom. The van der Waals surface area contributed by atoms with Gasteiger partial charge in [0.2, 0.25) is 0 Å². The number of halogens is 1. The second-order valence-electron chi connectivity index (χ2n) is 2.99. The number of benzene rings is 1. The second-order valence-corrected chi connectivity index (χ2v) is 4.15. The van der Waals surface area contributed by atoms with Crippen LogP contribution in [0.2, 0.25) is 0 Å². The average Bonchev–Trinajstić information content (AvgIpc) is 2.27. The van der Waals surface area contributed by atoms with E-state index in [1.807, 2.05) is 13.0 Å². The molecule has 0 N–H and O–H groups in total. The first-order valence-electron chi connectivity index (χ1n) is 4.69. The lowest BCUT2D eigenvalue weighted by Gasteiger charge is -2.08. The Morgan fingerprint density at radius 1 is 1.47 bits per heavy atom. The average molecular weight is 320 g/mol. The summed E-state index contributed by atoms with van der Waals surface area (Å²) in [6.45, 7) is 2.69. The lowest BCUT2D eigenvalue weighted by Crippen LogP contribution is -2.03. The monoisotopic (exact) mass is 320 g/mol. The van der Waals surface area contributed by atoms with Crippen LogP contribution in [0, 0.1) is 3.57 Å². The predicted molar refractivity (Wildman–Crippen MR) is 66.3 cm³/mol. The quantitative estimate of drug-likeness (QED) is 0.632. The number of methoxy groups -OCH3 is 1. The molecule has 82 valence electrons. The molecule has 4 heteroatoms. The van der Waals surface area contributed by atoms with E-state index in [2.05, 4.69) is 27.3 Å². The molecule has 0 aromatic heterocycles. The van der Waals surface area contributed by atoms with E-state index in [9.17, 15) is 4.79 Å². The van der Waals surface area contributed by atoms with Gasteiger partial charge in [-0.2, -0.15) is 0 Å². The zero-order valence-electron chi connectivity index (χ0n) is 8.75. The highest BCUT2D eigenvalue weighted by Crippen LogP contribution is 2.22. The fourth-order valence-corrected chi connectivity index (χ4v) is 1.56. The molecule has 0 saturated heterocycles. The first-order chi connectivity index (χ1) is 7.19. The van der Waals surface area contributed by atoms with Gasteiger partial charge in [-0.25, -0.2) is 4.79 Å². The summed E-state index contributed by atoms with van der Waals surface area (Å²) < 4.78 is 11.1. The van der Waals surface area contributed by atoms with E-state index in [1.165, 1.54) is 7.11 Å². The van der Waals surface area contributed by atoms with Gasteiger partial charge in [-0.3, -0.25) is 0 Å². The number of carbonyl (C=O) groups is 1. The Balaban J connectivity index is 2.89. The maximum absolute atomic E-state index is 11.3. The van der Waals surface area contributed by atoms with E-state index in [4.69, 9.17) is 4.74 Å². The molecule has 3 nitrogen and oxygen atoms in total. The van der Waals surface area contributed by atoms with Crippen molar-refractivity contribution < 1.29 is 14.3 Å². The SMILES string of the molecule is CCCOc1cc(C(=O)OC)ccc1I. The third-order valence-corrected chi connectivity index (χ3v) is 2.71. The number of hydrogen-bond donors (Lipinski definition) is 0. The lowest BCUT2D eigenvalue weighted by atomic mass is 10.2. The standard InChI is InChI=1S/C11H13IO3/c1-3-6-15-10-7-8(11(13)14-2)4-5-9(10)12/h4-5,7H,3,6H2,1-2H3. The van der Waals surface area contributed by atoms with Crippen molar-refractivity contribution in [3.63, 3.8) is 0 Å². The van der Waals surface area contributed by atoms with Gasteiger partial charge in [0, 0.05) is 0 Å². The van der Waals surface area contributed by atoms with Gasteiger partial charge in [0.1, 0.15) is 5.75 Å². The number of esters is 1. The molecular formula is C11H13IO3. The molecule has 0 atom stereocenters. The molecule has 1 rings (SSSR count). The highest BCUT2D eigenvalue weighted by molar-refractivity contribution is 14.1. The summed E-state index contributed by atoms with van der Waals surface area (Å²) in [5, 5.41) is 0. The Hall–Kier alpha value is -0.780. The lowest BCUT2D eigenvalue weighted by molar-refractivity contribution is 0.0600. The minimum Gasteiger partial charge on any atom is -0.492 e. The molecule has 1 aromatic rings. The Kier molecular flexibility index (Phi) is 4.87. The zero-order chi connectivity index (χ0) is 11.3. The maximum Gasteiger partial charge on any atom is 0.337 e. The van der Waals surface area contributed by atoms with Gasteiger partial charge < -0.3 is 9.47 Å². The van der Waals surface area contributed by atoms with Crippen molar-refractivity contribution in [1.82, 2.24) is 0 Å². The molecule has 0 bridgehead atoms. The zero-order valence-corrected chi connectivity index (χ0v) is 10.9. The van der Waals surface area contributed by atoms with Gasteiger partial charge in [0.05, 0.1) is 22.9 Å². The predicted octanol–water partition coefficient (Wildman–Crippen LogP) is 2.87. The van der Waals surface area contributed by atoms with E-state index in [1.54, 1.807) is 12.1 Å². The molecule has 0 saturated carbocycles. The largest absolute Gasteiger partial charge is 0.492 e. The molecule has 0 aliphatic carbocycles.